The molecule has 0 saturated heterocycles. The van der Waals surface area contributed by atoms with Crippen molar-refractivity contribution < 1.29 is 22.8 Å². The Hall–Kier alpha value is -2.83. The summed E-state index contributed by atoms with van der Waals surface area (Å²) >= 11 is 0. The van der Waals surface area contributed by atoms with Gasteiger partial charge >= 0.3 is 0 Å². The molecule has 0 saturated carbocycles. The number of amides is 2. The summed E-state index contributed by atoms with van der Waals surface area (Å²) in [5, 5.41) is 2.22. The van der Waals surface area contributed by atoms with E-state index in [1.807, 2.05) is 44.2 Å². The van der Waals surface area contributed by atoms with Crippen LogP contribution in [0.2, 0.25) is 0 Å². The minimum absolute atomic E-state index is 0.194. The van der Waals surface area contributed by atoms with Crippen LogP contribution in [0.5, 0.6) is 0 Å². The van der Waals surface area contributed by atoms with Crippen LogP contribution >= 0.6 is 0 Å². The van der Waals surface area contributed by atoms with Crippen LogP contribution in [0.4, 0.5) is 18.9 Å². The van der Waals surface area contributed by atoms with Gasteiger partial charge in [-0.1, -0.05) is 50.6 Å². The second-order valence-electron chi connectivity index (χ2n) is 6.78. The summed E-state index contributed by atoms with van der Waals surface area (Å²) in [4.78, 5) is 26.9. The molecule has 7 heteroatoms. The van der Waals surface area contributed by atoms with Crippen molar-refractivity contribution in [3.05, 3.63) is 65.5 Å². The molecule has 29 heavy (non-hydrogen) atoms. The van der Waals surface area contributed by atoms with Crippen LogP contribution in [-0.4, -0.2) is 29.8 Å². The van der Waals surface area contributed by atoms with E-state index in [1.165, 1.54) is 4.90 Å². The predicted molar refractivity (Wildman–Crippen MR) is 106 cm³/mol. The fraction of sp³-hybridized carbons (Fsp3) is 0.364. The molecule has 0 fully saturated rings. The maximum Gasteiger partial charge on any atom is 0.244 e. The van der Waals surface area contributed by atoms with E-state index in [-0.39, 0.29) is 18.4 Å². The first kappa shape index (κ1) is 22.5. The molecule has 0 heterocycles. The van der Waals surface area contributed by atoms with Gasteiger partial charge in [-0.3, -0.25) is 9.59 Å². The van der Waals surface area contributed by atoms with E-state index >= 15 is 0 Å². The van der Waals surface area contributed by atoms with Crippen LogP contribution in [0.25, 0.3) is 0 Å². The summed E-state index contributed by atoms with van der Waals surface area (Å²) in [6, 6.07) is 11.0. The van der Waals surface area contributed by atoms with Crippen molar-refractivity contribution in [2.75, 3.05) is 18.4 Å². The molecule has 0 aliphatic rings. The Labute approximate surface area is 168 Å². The van der Waals surface area contributed by atoms with Gasteiger partial charge in [0.1, 0.15) is 0 Å². The molecule has 4 nitrogen and oxygen atoms in total. The highest BCUT2D eigenvalue weighted by molar-refractivity contribution is 5.95. The lowest BCUT2D eigenvalue weighted by Gasteiger charge is -2.27. The smallest absolute Gasteiger partial charge is 0.244 e. The molecule has 2 aromatic carbocycles. The van der Waals surface area contributed by atoms with Crippen LogP contribution in [0.1, 0.15) is 44.6 Å². The number of benzene rings is 2. The zero-order chi connectivity index (χ0) is 21.4. The van der Waals surface area contributed by atoms with Gasteiger partial charge in [0.15, 0.2) is 17.5 Å². The third kappa shape index (κ3) is 5.82. The van der Waals surface area contributed by atoms with E-state index in [9.17, 15) is 22.8 Å². The first-order valence-electron chi connectivity index (χ1n) is 9.66. The summed E-state index contributed by atoms with van der Waals surface area (Å²) in [5.74, 6) is -5.73. The molecule has 0 aliphatic heterocycles. The fourth-order valence-corrected chi connectivity index (χ4v) is 3.15. The Morgan fingerprint density at radius 3 is 2.28 bits per heavy atom. The fourth-order valence-electron chi connectivity index (χ4n) is 3.15. The van der Waals surface area contributed by atoms with Crippen molar-refractivity contribution in [3.63, 3.8) is 0 Å². The first-order chi connectivity index (χ1) is 13.9. The normalized spacial score (nSPS) is 11.8. The molecular weight excluding hydrogens is 381 g/mol. The van der Waals surface area contributed by atoms with Gasteiger partial charge in [0.25, 0.3) is 0 Å². The first-order valence-corrected chi connectivity index (χ1v) is 9.66. The quantitative estimate of drug-likeness (QED) is 0.605. The summed E-state index contributed by atoms with van der Waals surface area (Å²) in [6.07, 6.45) is 2.05. The number of carbonyl (C=O) groups is 2. The molecule has 0 radical (unpaired) electrons. The molecule has 0 bridgehead atoms. The van der Waals surface area contributed by atoms with Gasteiger partial charge in [0.2, 0.25) is 11.8 Å². The molecule has 2 aromatic rings. The van der Waals surface area contributed by atoms with Gasteiger partial charge in [-0.2, -0.15) is 0 Å². The highest BCUT2D eigenvalue weighted by atomic mass is 19.2. The molecule has 156 valence electrons. The predicted octanol–water partition coefficient (Wildman–Crippen LogP) is 4.86. The van der Waals surface area contributed by atoms with Crippen LogP contribution in [0, 0.1) is 17.5 Å². The average molecular weight is 406 g/mol. The largest absolute Gasteiger partial charge is 0.333 e. The lowest BCUT2D eigenvalue weighted by atomic mass is 9.93. The number of hydrogen-bond donors (Lipinski definition) is 1. The van der Waals surface area contributed by atoms with Gasteiger partial charge in [0.05, 0.1) is 18.2 Å². The van der Waals surface area contributed by atoms with Crippen molar-refractivity contribution in [1.82, 2.24) is 4.90 Å². The third-order valence-corrected chi connectivity index (χ3v) is 4.53. The Balaban J connectivity index is 2.16. The second-order valence-corrected chi connectivity index (χ2v) is 6.78. The van der Waals surface area contributed by atoms with Crippen molar-refractivity contribution >= 4 is 17.5 Å². The summed E-state index contributed by atoms with van der Waals surface area (Å²) in [6.45, 7) is 3.90. The molecule has 0 spiro atoms. The minimum Gasteiger partial charge on any atom is -0.333 e. The lowest BCUT2D eigenvalue weighted by molar-refractivity contribution is -0.136. The van der Waals surface area contributed by atoms with E-state index in [0.717, 1.165) is 24.1 Å². The topological polar surface area (TPSA) is 49.4 Å². The van der Waals surface area contributed by atoms with E-state index in [4.69, 9.17) is 0 Å². The number of nitrogens with one attached hydrogen (secondary N) is 1. The van der Waals surface area contributed by atoms with Crippen LogP contribution < -0.4 is 5.32 Å². The van der Waals surface area contributed by atoms with E-state index < -0.39 is 29.0 Å². The zero-order valence-electron chi connectivity index (χ0n) is 16.6. The highest BCUT2D eigenvalue weighted by Crippen LogP contribution is 2.24. The van der Waals surface area contributed by atoms with Gasteiger partial charge in [0, 0.05) is 6.54 Å². The zero-order valence-corrected chi connectivity index (χ0v) is 16.6. The highest BCUT2D eigenvalue weighted by Gasteiger charge is 2.26. The monoisotopic (exact) mass is 406 g/mol. The standard InChI is InChI=1S/C22H25F3N2O2/c1-3-8-16(15-9-6-5-7-10-15)22(29)27(13-4-2)14-19(28)26-18-12-11-17(23)20(24)21(18)25/h5-7,9-12,16H,3-4,8,13-14H2,1-2H3,(H,26,28). The van der Waals surface area contributed by atoms with Crippen molar-refractivity contribution in [1.29, 1.82) is 0 Å². The van der Waals surface area contributed by atoms with Crippen molar-refractivity contribution in [2.45, 2.75) is 39.0 Å². The van der Waals surface area contributed by atoms with E-state index in [0.29, 0.717) is 19.4 Å². The molecule has 0 aliphatic carbocycles. The van der Waals surface area contributed by atoms with Crippen molar-refractivity contribution in [3.8, 4) is 0 Å². The summed E-state index contributed by atoms with van der Waals surface area (Å²) < 4.78 is 40.2. The molecule has 2 rings (SSSR count). The molecule has 1 N–H and O–H groups in total. The average Bonchev–Trinajstić information content (AvgIpc) is 2.72. The van der Waals surface area contributed by atoms with Gasteiger partial charge in [-0.25, -0.2) is 13.2 Å². The second kappa shape index (κ2) is 10.6. The van der Waals surface area contributed by atoms with Crippen LogP contribution in [0.15, 0.2) is 42.5 Å². The summed E-state index contributed by atoms with van der Waals surface area (Å²) in [7, 11) is 0. The lowest BCUT2D eigenvalue weighted by Crippen LogP contribution is -2.41. The van der Waals surface area contributed by atoms with Gasteiger partial charge in [-0.05, 0) is 30.5 Å². The number of anilines is 1. The van der Waals surface area contributed by atoms with Crippen molar-refractivity contribution in [2.24, 2.45) is 0 Å². The Morgan fingerprint density at radius 2 is 1.66 bits per heavy atom. The maximum atomic E-state index is 13.8. The Bertz CT molecular complexity index is 843. The third-order valence-electron chi connectivity index (χ3n) is 4.53. The molecular formula is C22H25F3N2O2. The molecule has 1 unspecified atom stereocenters. The summed E-state index contributed by atoms with van der Waals surface area (Å²) in [5.41, 5.74) is 0.401. The van der Waals surface area contributed by atoms with E-state index in [1.54, 1.807) is 0 Å². The van der Waals surface area contributed by atoms with Crippen LogP contribution in [-0.2, 0) is 9.59 Å². The number of carbonyl (C=O) groups excluding carboxylic acids is 2. The number of halogens is 3. The molecule has 1 atom stereocenters. The minimum atomic E-state index is -1.66. The van der Waals surface area contributed by atoms with Gasteiger partial charge in [-0.15, -0.1) is 0 Å². The maximum absolute atomic E-state index is 13.8. The SMILES string of the molecule is CCCC(C(=O)N(CCC)CC(=O)Nc1ccc(F)c(F)c1F)c1ccccc1. The molecule has 0 aromatic heterocycles. The number of rotatable bonds is 9. The molecule has 2 amide bonds. The van der Waals surface area contributed by atoms with E-state index in [2.05, 4.69) is 5.32 Å². The van der Waals surface area contributed by atoms with Gasteiger partial charge < -0.3 is 10.2 Å². The Morgan fingerprint density at radius 1 is 0.966 bits per heavy atom. The number of hydrogen-bond acceptors (Lipinski definition) is 2. The Kier molecular flexibility index (Phi) is 8.24. The number of nitrogens with zero attached hydrogens (tertiary/aromatic N) is 1. The van der Waals surface area contributed by atoms with Crippen LogP contribution in [0.3, 0.4) is 0 Å².